The van der Waals surface area contributed by atoms with Gasteiger partial charge in [-0.05, 0) is 18.6 Å². The van der Waals surface area contributed by atoms with E-state index in [0.717, 1.165) is 17.4 Å². The molecule has 3 nitrogen and oxygen atoms in total. The average molecular weight is 205 g/mol. The van der Waals surface area contributed by atoms with Crippen LogP contribution >= 0.6 is 11.3 Å². The first-order chi connectivity index (χ1) is 6.86. The second-order valence-electron chi connectivity index (χ2n) is 2.96. The van der Waals surface area contributed by atoms with Crippen molar-refractivity contribution in [3.05, 3.63) is 41.2 Å². The van der Waals surface area contributed by atoms with Crippen LogP contribution < -0.4 is 5.32 Å². The first-order valence-corrected chi connectivity index (χ1v) is 5.28. The molecule has 14 heavy (non-hydrogen) atoms. The molecule has 0 atom stereocenters. The molecule has 2 aromatic heterocycles. The van der Waals surface area contributed by atoms with E-state index < -0.39 is 0 Å². The van der Waals surface area contributed by atoms with Gasteiger partial charge in [0.2, 0.25) is 0 Å². The molecule has 0 aliphatic rings. The minimum Gasteiger partial charge on any atom is -0.356 e. The second kappa shape index (κ2) is 4.19. The molecule has 72 valence electrons. The van der Waals surface area contributed by atoms with Crippen LogP contribution in [0.2, 0.25) is 0 Å². The lowest BCUT2D eigenvalue weighted by molar-refractivity contribution is 1.01. The number of anilines is 1. The van der Waals surface area contributed by atoms with Crippen molar-refractivity contribution in [1.29, 1.82) is 0 Å². The molecular weight excluding hydrogens is 194 g/mol. The monoisotopic (exact) mass is 205 g/mol. The van der Waals surface area contributed by atoms with Gasteiger partial charge in [0.25, 0.3) is 0 Å². The van der Waals surface area contributed by atoms with Crippen LogP contribution in [0, 0.1) is 6.92 Å². The summed E-state index contributed by atoms with van der Waals surface area (Å²) < 4.78 is 0. The minimum atomic E-state index is 0.736. The number of aryl methyl sites for hydroxylation is 1. The number of hydrogen-bond donors (Lipinski definition) is 1. The van der Waals surface area contributed by atoms with E-state index in [0.29, 0.717) is 0 Å². The summed E-state index contributed by atoms with van der Waals surface area (Å²) in [6.07, 6.45) is 3.60. The smallest absolute Gasteiger partial charge is 0.182 e. The Morgan fingerprint density at radius 1 is 1.36 bits per heavy atom. The van der Waals surface area contributed by atoms with Gasteiger partial charge >= 0.3 is 0 Å². The number of nitrogens with zero attached hydrogens (tertiary/aromatic N) is 2. The van der Waals surface area contributed by atoms with E-state index in [9.17, 15) is 0 Å². The van der Waals surface area contributed by atoms with Crippen molar-refractivity contribution >= 4 is 16.5 Å². The zero-order valence-corrected chi connectivity index (χ0v) is 8.71. The Labute approximate surface area is 86.8 Å². The van der Waals surface area contributed by atoms with E-state index >= 15 is 0 Å². The highest BCUT2D eigenvalue weighted by Gasteiger charge is 1.99. The van der Waals surface area contributed by atoms with Gasteiger partial charge in [0, 0.05) is 17.8 Å². The number of rotatable bonds is 3. The van der Waals surface area contributed by atoms with Gasteiger partial charge in [-0.2, -0.15) is 0 Å². The van der Waals surface area contributed by atoms with Crippen LogP contribution in [0.1, 0.15) is 11.3 Å². The van der Waals surface area contributed by atoms with Gasteiger partial charge in [-0.25, -0.2) is 4.98 Å². The second-order valence-corrected chi connectivity index (χ2v) is 3.85. The first kappa shape index (κ1) is 9.15. The lowest BCUT2D eigenvalue weighted by atomic mass is 10.2. The molecule has 1 N–H and O–H groups in total. The zero-order valence-electron chi connectivity index (χ0n) is 7.90. The van der Waals surface area contributed by atoms with E-state index in [1.165, 1.54) is 5.56 Å². The van der Waals surface area contributed by atoms with Crippen LogP contribution in [0.25, 0.3) is 0 Å². The van der Waals surface area contributed by atoms with E-state index in [1.54, 1.807) is 17.5 Å². The molecule has 0 amide bonds. The summed E-state index contributed by atoms with van der Waals surface area (Å²) in [6.45, 7) is 2.80. The Kier molecular flexibility index (Phi) is 2.74. The van der Waals surface area contributed by atoms with Gasteiger partial charge in [0.1, 0.15) is 0 Å². The third-order valence-electron chi connectivity index (χ3n) is 1.96. The van der Waals surface area contributed by atoms with E-state index in [4.69, 9.17) is 0 Å². The molecule has 0 fully saturated rings. The molecule has 0 bridgehead atoms. The van der Waals surface area contributed by atoms with Crippen LogP contribution in [-0.4, -0.2) is 9.97 Å². The molecule has 0 spiro atoms. The predicted molar refractivity (Wildman–Crippen MR) is 58.4 cm³/mol. The van der Waals surface area contributed by atoms with Gasteiger partial charge in [-0.1, -0.05) is 6.07 Å². The fraction of sp³-hybridized carbons (Fsp3) is 0.200. The average Bonchev–Trinajstić information content (AvgIpc) is 2.69. The highest BCUT2D eigenvalue weighted by Crippen LogP contribution is 2.12. The Bertz CT molecular complexity index is 398. The lowest BCUT2D eigenvalue weighted by Gasteiger charge is -2.04. The van der Waals surface area contributed by atoms with E-state index in [-0.39, 0.29) is 0 Å². The molecule has 0 aromatic carbocycles. The normalized spacial score (nSPS) is 10.1. The summed E-state index contributed by atoms with van der Waals surface area (Å²) >= 11 is 1.60. The van der Waals surface area contributed by atoms with Gasteiger partial charge in [0.05, 0.1) is 12.2 Å². The standard InChI is InChI=1S/C10H11N3S/c1-8-3-2-4-11-9(8)7-13-10-12-5-6-14-10/h2-6H,7H2,1H3,(H,12,13). The van der Waals surface area contributed by atoms with E-state index in [1.807, 2.05) is 17.6 Å². The van der Waals surface area contributed by atoms with Crippen LogP contribution in [0.5, 0.6) is 0 Å². The maximum Gasteiger partial charge on any atom is 0.182 e. The molecule has 0 saturated carbocycles. The van der Waals surface area contributed by atoms with Gasteiger partial charge in [-0.15, -0.1) is 11.3 Å². The Balaban J connectivity index is 2.02. The number of thiazole rings is 1. The number of hydrogen-bond acceptors (Lipinski definition) is 4. The molecule has 2 rings (SSSR count). The highest BCUT2D eigenvalue weighted by atomic mass is 32.1. The summed E-state index contributed by atoms with van der Waals surface area (Å²) in [4.78, 5) is 8.43. The molecule has 4 heteroatoms. The molecule has 0 unspecified atom stereocenters. The number of pyridine rings is 1. The van der Waals surface area contributed by atoms with Crippen molar-refractivity contribution in [2.75, 3.05) is 5.32 Å². The summed E-state index contributed by atoms with van der Waals surface area (Å²) in [5, 5.41) is 6.12. The summed E-state index contributed by atoms with van der Waals surface area (Å²) in [7, 11) is 0. The number of aromatic nitrogens is 2. The highest BCUT2D eigenvalue weighted by molar-refractivity contribution is 7.13. The molecule has 0 radical (unpaired) electrons. The van der Waals surface area contributed by atoms with Crippen LogP contribution in [0.15, 0.2) is 29.9 Å². The van der Waals surface area contributed by atoms with Crippen molar-refractivity contribution in [2.45, 2.75) is 13.5 Å². The fourth-order valence-corrected chi connectivity index (χ4v) is 1.70. The summed E-state index contributed by atoms with van der Waals surface area (Å²) in [5.74, 6) is 0. The van der Waals surface area contributed by atoms with Crippen molar-refractivity contribution in [3.8, 4) is 0 Å². The minimum absolute atomic E-state index is 0.736. The third kappa shape index (κ3) is 2.09. The maximum atomic E-state index is 4.29. The van der Waals surface area contributed by atoms with E-state index in [2.05, 4.69) is 28.3 Å². The van der Waals surface area contributed by atoms with Gasteiger partial charge in [0.15, 0.2) is 5.13 Å². The topological polar surface area (TPSA) is 37.8 Å². The van der Waals surface area contributed by atoms with Gasteiger partial charge in [-0.3, -0.25) is 4.98 Å². The van der Waals surface area contributed by atoms with Crippen molar-refractivity contribution in [3.63, 3.8) is 0 Å². The molecule has 0 saturated heterocycles. The largest absolute Gasteiger partial charge is 0.356 e. The molecular formula is C10H11N3S. The van der Waals surface area contributed by atoms with Crippen LogP contribution in [0.3, 0.4) is 0 Å². The third-order valence-corrected chi connectivity index (χ3v) is 2.69. The van der Waals surface area contributed by atoms with Crippen LogP contribution in [-0.2, 0) is 6.54 Å². The maximum absolute atomic E-state index is 4.29. The molecule has 0 aliphatic heterocycles. The van der Waals surface area contributed by atoms with Gasteiger partial charge < -0.3 is 5.32 Å². The number of nitrogens with one attached hydrogen (secondary N) is 1. The molecule has 2 aromatic rings. The molecule has 2 heterocycles. The summed E-state index contributed by atoms with van der Waals surface area (Å²) in [5.41, 5.74) is 2.28. The zero-order chi connectivity index (χ0) is 9.80. The predicted octanol–water partition coefficient (Wildman–Crippen LogP) is 2.46. The summed E-state index contributed by atoms with van der Waals surface area (Å²) in [6, 6.07) is 4.01. The first-order valence-electron chi connectivity index (χ1n) is 4.40. The fourth-order valence-electron chi connectivity index (χ4n) is 1.17. The van der Waals surface area contributed by atoms with Crippen molar-refractivity contribution in [2.24, 2.45) is 0 Å². The quantitative estimate of drug-likeness (QED) is 0.836. The van der Waals surface area contributed by atoms with Crippen molar-refractivity contribution in [1.82, 2.24) is 9.97 Å². The Morgan fingerprint density at radius 3 is 3.00 bits per heavy atom. The molecule has 0 aliphatic carbocycles. The van der Waals surface area contributed by atoms with Crippen molar-refractivity contribution < 1.29 is 0 Å². The Morgan fingerprint density at radius 2 is 2.29 bits per heavy atom. The lowest BCUT2D eigenvalue weighted by Crippen LogP contribution is -2.02. The Hall–Kier alpha value is -1.42. The SMILES string of the molecule is Cc1cccnc1CNc1nccs1. The van der Waals surface area contributed by atoms with Crippen LogP contribution in [0.4, 0.5) is 5.13 Å².